The topological polar surface area (TPSA) is 30.5 Å². The predicted octanol–water partition coefficient (Wildman–Crippen LogP) is 3.93. The largest absolute Gasteiger partial charge is 0.454 e. The van der Waals surface area contributed by atoms with Crippen LogP contribution in [-0.2, 0) is 6.54 Å². The lowest BCUT2D eigenvalue weighted by Gasteiger charge is -2.08. The summed E-state index contributed by atoms with van der Waals surface area (Å²) in [6.07, 6.45) is 0. The molecule has 0 fully saturated rings. The second-order valence-corrected chi connectivity index (χ2v) is 5.02. The number of hydrogen-bond acceptors (Lipinski definition) is 3. The van der Waals surface area contributed by atoms with E-state index in [1.54, 1.807) is 12.1 Å². The van der Waals surface area contributed by atoms with Crippen molar-refractivity contribution < 1.29 is 13.9 Å². The van der Waals surface area contributed by atoms with Gasteiger partial charge in [0.05, 0.1) is 4.47 Å². The number of benzene rings is 2. The molecule has 0 saturated carbocycles. The van der Waals surface area contributed by atoms with Crippen LogP contribution >= 0.6 is 15.9 Å². The molecule has 1 aliphatic heterocycles. The van der Waals surface area contributed by atoms with Gasteiger partial charge in [0, 0.05) is 18.3 Å². The Hall–Kier alpha value is -1.75. The molecule has 0 saturated heterocycles. The van der Waals surface area contributed by atoms with Crippen molar-refractivity contribution in [1.29, 1.82) is 0 Å². The Morgan fingerprint density at radius 3 is 2.79 bits per heavy atom. The molecule has 0 spiro atoms. The molecule has 3 rings (SSSR count). The standard InChI is InChI=1S/C14H11BrFNO2/c15-11-5-9(1-3-12(11)16)7-17-10-2-4-13-14(6-10)19-8-18-13/h1-6,17H,7-8H2. The van der Waals surface area contributed by atoms with Gasteiger partial charge < -0.3 is 14.8 Å². The first-order valence-electron chi connectivity index (χ1n) is 5.80. The van der Waals surface area contributed by atoms with Gasteiger partial charge in [-0.1, -0.05) is 6.07 Å². The van der Waals surface area contributed by atoms with Crippen LogP contribution in [0.5, 0.6) is 11.5 Å². The van der Waals surface area contributed by atoms with Crippen molar-refractivity contribution in [2.75, 3.05) is 12.1 Å². The monoisotopic (exact) mass is 323 g/mol. The average molecular weight is 324 g/mol. The van der Waals surface area contributed by atoms with E-state index in [9.17, 15) is 4.39 Å². The second kappa shape index (κ2) is 5.09. The third kappa shape index (κ3) is 2.66. The fourth-order valence-corrected chi connectivity index (χ4v) is 2.29. The van der Waals surface area contributed by atoms with Crippen LogP contribution in [0.1, 0.15) is 5.56 Å². The van der Waals surface area contributed by atoms with Crippen LogP contribution in [0.25, 0.3) is 0 Å². The summed E-state index contributed by atoms with van der Waals surface area (Å²) in [5, 5.41) is 3.26. The van der Waals surface area contributed by atoms with E-state index in [4.69, 9.17) is 9.47 Å². The number of halogens is 2. The molecular weight excluding hydrogens is 313 g/mol. The van der Waals surface area contributed by atoms with E-state index in [0.717, 1.165) is 22.7 Å². The van der Waals surface area contributed by atoms with Gasteiger partial charge in [0.2, 0.25) is 6.79 Å². The van der Waals surface area contributed by atoms with Crippen LogP contribution in [0.3, 0.4) is 0 Å². The van der Waals surface area contributed by atoms with Crippen molar-refractivity contribution >= 4 is 21.6 Å². The third-order valence-corrected chi connectivity index (χ3v) is 3.46. The van der Waals surface area contributed by atoms with Crippen molar-refractivity contribution in [2.24, 2.45) is 0 Å². The molecule has 0 unspecified atom stereocenters. The Kier molecular flexibility index (Phi) is 3.29. The number of nitrogens with one attached hydrogen (secondary N) is 1. The summed E-state index contributed by atoms with van der Waals surface area (Å²) in [6, 6.07) is 10.6. The van der Waals surface area contributed by atoms with E-state index < -0.39 is 0 Å². The van der Waals surface area contributed by atoms with Crippen LogP contribution in [-0.4, -0.2) is 6.79 Å². The molecule has 1 aliphatic rings. The van der Waals surface area contributed by atoms with Crippen molar-refractivity contribution in [2.45, 2.75) is 6.54 Å². The van der Waals surface area contributed by atoms with Crippen LogP contribution < -0.4 is 14.8 Å². The molecular formula is C14H11BrFNO2. The number of rotatable bonds is 3. The molecule has 0 aliphatic carbocycles. The Balaban J connectivity index is 1.70. The molecule has 0 radical (unpaired) electrons. The van der Waals surface area contributed by atoms with Gasteiger partial charge in [-0.25, -0.2) is 4.39 Å². The molecule has 98 valence electrons. The van der Waals surface area contributed by atoms with Crippen LogP contribution in [0.2, 0.25) is 0 Å². The highest BCUT2D eigenvalue weighted by Crippen LogP contribution is 2.34. The molecule has 5 heteroatoms. The maximum atomic E-state index is 13.1. The summed E-state index contributed by atoms with van der Waals surface area (Å²) in [4.78, 5) is 0. The van der Waals surface area contributed by atoms with Gasteiger partial charge in [-0.05, 0) is 45.8 Å². The van der Waals surface area contributed by atoms with E-state index in [1.165, 1.54) is 6.07 Å². The first-order valence-corrected chi connectivity index (χ1v) is 6.59. The molecule has 3 nitrogen and oxygen atoms in total. The quantitative estimate of drug-likeness (QED) is 0.928. The summed E-state index contributed by atoms with van der Waals surface area (Å²) >= 11 is 3.17. The SMILES string of the molecule is Fc1ccc(CNc2ccc3c(c2)OCO3)cc1Br. The summed E-state index contributed by atoms with van der Waals surface area (Å²) in [5.41, 5.74) is 1.93. The smallest absolute Gasteiger partial charge is 0.231 e. The summed E-state index contributed by atoms with van der Waals surface area (Å²) in [5.74, 6) is 1.24. The number of hydrogen-bond donors (Lipinski definition) is 1. The van der Waals surface area contributed by atoms with Crippen LogP contribution in [0.15, 0.2) is 40.9 Å². The maximum Gasteiger partial charge on any atom is 0.231 e. The van der Waals surface area contributed by atoms with Crippen molar-refractivity contribution in [3.05, 3.63) is 52.3 Å². The van der Waals surface area contributed by atoms with Gasteiger partial charge in [0.15, 0.2) is 11.5 Å². The highest BCUT2D eigenvalue weighted by Gasteiger charge is 2.12. The molecule has 2 aromatic carbocycles. The molecule has 0 amide bonds. The summed E-state index contributed by atoms with van der Waals surface area (Å²) in [6.45, 7) is 0.877. The molecule has 0 atom stereocenters. The molecule has 0 bridgehead atoms. The zero-order valence-corrected chi connectivity index (χ0v) is 11.5. The lowest BCUT2D eigenvalue weighted by Crippen LogP contribution is -1.99. The van der Waals surface area contributed by atoms with Gasteiger partial charge in [0.25, 0.3) is 0 Å². The molecule has 1 heterocycles. The normalized spacial score (nSPS) is 12.5. The Morgan fingerprint density at radius 1 is 1.11 bits per heavy atom. The van der Waals surface area contributed by atoms with E-state index in [2.05, 4.69) is 21.2 Å². The molecule has 0 aromatic heterocycles. The summed E-state index contributed by atoms with van der Waals surface area (Å²) in [7, 11) is 0. The van der Waals surface area contributed by atoms with Crippen molar-refractivity contribution in [3.8, 4) is 11.5 Å². The minimum absolute atomic E-state index is 0.258. The van der Waals surface area contributed by atoms with E-state index in [-0.39, 0.29) is 12.6 Å². The zero-order chi connectivity index (χ0) is 13.2. The fraction of sp³-hybridized carbons (Fsp3) is 0.143. The molecule has 19 heavy (non-hydrogen) atoms. The maximum absolute atomic E-state index is 13.1. The van der Waals surface area contributed by atoms with Gasteiger partial charge in [-0.3, -0.25) is 0 Å². The summed E-state index contributed by atoms with van der Waals surface area (Å²) < 4.78 is 24.1. The highest BCUT2D eigenvalue weighted by molar-refractivity contribution is 9.10. The minimum Gasteiger partial charge on any atom is -0.454 e. The van der Waals surface area contributed by atoms with Gasteiger partial charge in [-0.15, -0.1) is 0 Å². The van der Waals surface area contributed by atoms with Crippen molar-refractivity contribution in [1.82, 2.24) is 0 Å². The van der Waals surface area contributed by atoms with Gasteiger partial charge >= 0.3 is 0 Å². The van der Waals surface area contributed by atoms with Gasteiger partial charge in [0.1, 0.15) is 5.82 Å². The average Bonchev–Trinajstić information content (AvgIpc) is 2.87. The number of anilines is 1. The first kappa shape index (κ1) is 12.3. The minimum atomic E-state index is -0.258. The lowest BCUT2D eigenvalue weighted by molar-refractivity contribution is 0.174. The van der Waals surface area contributed by atoms with Crippen molar-refractivity contribution in [3.63, 3.8) is 0 Å². The van der Waals surface area contributed by atoms with Crippen LogP contribution in [0.4, 0.5) is 10.1 Å². The van der Waals surface area contributed by atoms with Crippen LogP contribution in [0, 0.1) is 5.82 Å². The lowest BCUT2D eigenvalue weighted by atomic mass is 10.2. The fourth-order valence-electron chi connectivity index (χ4n) is 1.86. The Bertz CT molecular complexity index is 618. The van der Waals surface area contributed by atoms with Gasteiger partial charge in [-0.2, -0.15) is 0 Å². The predicted molar refractivity (Wildman–Crippen MR) is 74.0 cm³/mol. The molecule has 1 N–H and O–H groups in total. The third-order valence-electron chi connectivity index (χ3n) is 2.85. The first-order chi connectivity index (χ1) is 9.22. The van der Waals surface area contributed by atoms with E-state index >= 15 is 0 Å². The zero-order valence-electron chi connectivity index (χ0n) is 9.95. The highest BCUT2D eigenvalue weighted by atomic mass is 79.9. The van der Waals surface area contributed by atoms with E-state index in [1.807, 2.05) is 18.2 Å². The Morgan fingerprint density at radius 2 is 1.95 bits per heavy atom. The molecule has 2 aromatic rings. The number of ether oxygens (including phenoxy) is 2. The Labute approximate surface area is 118 Å². The number of fused-ring (bicyclic) bond motifs is 1. The second-order valence-electron chi connectivity index (χ2n) is 4.17. The van der Waals surface area contributed by atoms with E-state index in [0.29, 0.717) is 11.0 Å².